The van der Waals surface area contributed by atoms with E-state index >= 15 is 0 Å². The summed E-state index contributed by atoms with van der Waals surface area (Å²) in [5.41, 5.74) is 1.31. The molecular formula is C11H11FN2O3. The molecule has 0 saturated heterocycles. The van der Waals surface area contributed by atoms with Crippen molar-refractivity contribution in [2.24, 2.45) is 7.05 Å². The Morgan fingerprint density at radius 1 is 1.59 bits per heavy atom. The van der Waals surface area contributed by atoms with Gasteiger partial charge in [-0.25, -0.2) is 14.2 Å². The summed E-state index contributed by atoms with van der Waals surface area (Å²) in [6.07, 6.45) is 0. The van der Waals surface area contributed by atoms with Gasteiger partial charge in [-0.1, -0.05) is 0 Å². The fraction of sp³-hybridized carbons (Fsp3) is 0.273. The van der Waals surface area contributed by atoms with Crippen LogP contribution in [-0.2, 0) is 23.2 Å². The van der Waals surface area contributed by atoms with Crippen LogP contribution in [0.2, 0.25) is 0 Å². The molecule has 0 spiro atoms. The van der Waals surface area contributed by atoms with E-state index in [0.717, 1.165) is 0 Å². The molecule has 1 aromatic heterocycles. The van der Waals surface area contributed by atoms with E-state index in [1.165, 1.54) is 12.1 Å². The maximum Gasteiger partial charge on any atom is 0.329 e. The largest absolute Gasteiger partial charge is 0.480 e. The number of ether oxygens (including phenoxy) is 1. The average molecular weight is 238 g/mol. The van der Waals surface area contributed by atoms with Crippen molar-refractivity contribution in [1.82, 2.24) is 9.55 Å². The topological polar surface area (TPSA) is 64.3 Å². The number of halogens is 1. The summed E-state index contributed by atoms with van der Waals surface area (Å²) in [5, 5.41) is 8.44. The fourth-order valence-electron chi connectivity index (χ4n) is 1.57. The Hall–Kier alpha value is -1.95. The molecule has 5 nitrogen and oxygen atoms in total. The van der Waals surface area contributed by atoms with E-state index in [1.54, 1.807) is 17.7 Å². The number of aryl methyl sites for hydroxylation is 1. The maximum atomic E-state index is 13.0. The molecule has 0 atom stereocenters. The summed E-state index contributed by atoms with van der Waals surface area (Å²) in [7, 11) is 1.73. The van der Waals surface area contributed by atoms with Crippen molar-refractivity contribution in [2.45, 2.75) is 6.61 Å². The van der Waals surface area contributed by atoms with Crippen molar-refractivity contribution in [3.05, 3.63) is 29.8 Å². The Balaban J connectivity index is 2.23. The van der Waals surface area contributed by atoms with Crippen LogP contribution in [0.5, 0.6) is 0 Å². The average Bonchev–Trinajstić information content (AvgIpc) is 2.56. The van der Waals surface area contributed by atoms with Crippen molar-refractivity contribution in [2.75, 3.05) is 6.61 Å². The van der Waals surface area contributed by atoms with Gasteiger partial charge in [-0.3, -0.25) is 0 Å². The third kappa shape index (κ3) is 2.42. The molecule has 2 rings (SSSR count). The monoisotopic (exact) mass is 238 g/mol. The van der Waals surface area contributed by atoms with E-state index < -0.39 is 5.97 Å². The Bertz CT molecular complexity index is 565. The molecule has 0 bridgehead atoms. The maximum absolute atomic E-state index is 13.0. The van der Waals surface area contributed by atoms with E-state index in [1.807, 2.05) is 0 Å². The van der Waals surface area contributed by atoms with Gasteiger partial charge in [0.05, 0.1) is 11.0 Å². The number of carbonyl (C=O) groups is 1. The zero-order valence-corrected chi connectivity index (χ0v) is 9.18. The zero-order valence-electron chi connectivity index (χ0n) is 9.18. The molecule has 2 aromatic rings. The van der Waals surface area contributed by atoms with Crippen LogP contribution in [0.4, 0.5) is 4.39 Å². The number of nitrogens with zero attached hydrogens (tertiary/aromatic N) is 2. The van der Waals surface area contributed by atoms with Crippen LogP contribution in [0.3, 0.4) is 0 Å². The van der Waals surface area contributed by atoms with Crippen molar-refractivity contribution in [1.29, 1.82) is 0 Å². The Morgan fingerprint density at radius 3 is 3.06 bits per heavy atom. The number of hydrogen-bond donors (Lipinski definition) is 1. The first-order chi connectivity index (χ1) is 8.08. The molecule has 0 aliphatic heterocycles. The number of benzene rings is 1. The number of hydrogen-bond acceptors (Lipinski definition) is 3. The fourth-order valence-corrected chi connectivity index (χ4v) is 1.57. The van der Waals surface area contributed by atoms with Crippen LogP contribution in [-0.4, -0.2) is 27.2 Å². The van der Waals surface area contributed by atoms with Crippen molar-refractivity contribution >= 4 is 17.0 Å². The number of carboxylic acids is 1. The molecule has 6 heteroatoms. The molecule has 0 fully saturated rings. The van der Waals surface area contributed by atoms with Gasteiger partial charge in [0.25, 0.3) is 0 Å². The van der Waals surface area contributed by atoms with Crippen LogP contribution in [0.25, 0.3) is 11.0 Å². The van der Waals surface area contributed by atoms with Crippen molar-refractivity contribution in [3.8, 4) is 0 Å². The third-order valence-corrected chi connectivity index (χ3v) is 2.39. The van der Waals surface area contributed by atoms with Crippen molar-refractivity contribution in [3.63, 3.8) is 0 Å². The Kier molecular flexibility index (Phi) is 3.06. The van der Waals surface area contributed by atoms with Crippen LogP contribution >= 0.6 is 0 Å². The van der Waals surface area contributed by atoms with Crippen LogP contribution in [0, 0.1) is 5.82 Å². The third-order valence-electron chi connectivity index (χ3n) is 2.39. The lowest BCUT2D eigenvalue weighted by molar-refractivity contribution is -0.142. The van der Waals surface area contributed by atoms with Gasteiger partial charge in [-0.2, -0.15) is 0 Å². The molecule has 1 aromatic carbocycles. The van der Waals surface area contributed by atoms with Gasteiger partial charge in [-0.05, 0) is 18.2 Å². The summed E-state index contributed by atoms with van der Waals surface area (Å²) in [6, 6.07) is 4.28. The molecule has 0 radical (unpaired) electrons. The van der Waals surface area contributed by atoms with Crippen molar-refractivity contribution < 1.29 is 19.0 Å². The highest BCUT2D eigenvalue weighted by molar-refractivity contribution is 5.75. The predicted molar refractivity (Wildman–Crippen MR) is 58.0 cm³/mol. The molecule has 0 saturated carbocycles. The highest BCUT2D eigenvalue weighted by atomic mass is 19.1. The Morgan fingerprint density at radius 2 is 2.35 bits per heavy atom. The summed E-state index contributed by atoms with van der Waals surface area (Å²) in [5.74, 6) is -0.805. The predicted octanol–water partition coefficient (Wildman–Crippen LogP) is 1.31. The van der Waals surface area contributed by atoms with Gasteiger partial charge in [0.15, 0.2) is 0 Å². The normalized spacial score (nSPS) is 10.9. The molecule has 17 heavy (non-hydrogen) atoms. The summed E-state index contributed by atoms with van der Waals surface area (Å²) in [4.78, 5) is 14.5. The molecule has 1 N–H and O–H groups in total. The molecule has 0 amide bonds. The van der Waals surface area contributed by atoms with Gasteiger partial charge in [0, 0.05) is 7.05 Å². The number of imidazole rings is 1. The SMILES string of the molecule is Cn1c(COCC(=O)O)nc2ccc(F)cc21. The van der Waals surface area contributed by atoms with Crippen LogP contribution in [0.1, 0.15) is 5.82 Å². The first-order valence-corrected chi connectivity index (χ1v) is 4.98. The van der Waals surface area contributed by atoms with Gasteiger partial charge in [0.1, 0.15) is 24.9 Å². The highest BCUT2D eigenvalue weighted by Crippen LogP contribution is 2.16. The van der Waals surface area contributed by atoms with E-state index in [0.29, 0.717) is 16.9 Å². The minimum atomic E-state index is -1.03. The van der Waals surface area contributed by atoms with E-state index in [2.05, 4.69) is 4.98 Å². The zero-order chi connectivity index (χ0) is 12.4. The second-order valence-corrected chi connectivity index (χ2v) is 3.61. The summed E-state index contributed by atoms with van der Waals surface area (Å²) < 4.78 is 19.7. The van der Waals surface area contributed by atoms with Gasteiger partial charge >= 0.3 is 5.97 Å². The van der Waals surface area contributed by atoms with Crippen LogP contribution < -0.4 is 0 Å². The van der Waals surface area contributed by atoms with E-state index in [-0.39, 0.29) is 19.0 Å². The second-order valence-electron chi connectivity index (χ2n) is 3.61. The smallest absolute Gasteiger partial charge is 0.329 e. The lowest BCUT2D eigenvalue weighted by atomic mass is 10.3. The minimum Gasteiger partial charge on any atom is -0.480 e. The number of carboxylic acid groups (broad SMARTS) is 1. The number of rotatable bonds is 4. The molecule has 0 aliphatic rings. The molecule has 90 valence electrons. The summed E-state index contributed by atoms with van der Waals surface area (Å²) in [6.45, 7) is -0.295. The molecule has 0 aliphatic carbocycles. The summed E-state index contributed by atoms with van der Waals surface area (Å²) >= 11 is 0. The quantitative estimate of drug-likeness (QED) is 0.872. The number of fused-ring (bicyclic) bond motifs is 1. The molecular weight excluding hydrogens is 227 g/mol. The second kappa shape index (κ2) is 4.50. The molecule has 0 unspecified atom stereocenters. The highest BCUT2D eigenvalue weighted by Gasteiger charge is 2.09. The minimum absolute atomic E-state index is 0.0824. The lowest BCUT2D eigenvalue weighted by Gasteiger charge is -2.02. The first kappa shape index (κ1) is 11.5. The van der Waals surface area contributed by atoms with Gasteiger partial charge in [-0.15, -0.1) is 0 Å². The molecule has 1 heterocycles. The number of aromatic nitrogens is 2. The lowest BCUT2D eigenvalue weighted by Crippen LogP contribution is -2.09. The first-order valence-electron chi connectivity index (χ1n) is 4.98. The number of aliphatic carboxylic acids is 1. The van der Waals surface area contributed by atoms with E-state index in [9.17, 15) is 9.18 Å². The van der Waals surface area contributed by atoms with Crippen LogP contribution in [0.15, 0.2) is 18.2 Å². The standard InChI is InChI=1S/C11H11FN2O3/c1-14-9-4-7(12)2-3-8(9)13-10(14)5-17-6-11(15)16/h2-4H,5-6H2,1H3,(H,15,16). The van der Waals surface area contributed by atoms with E-state index in [4.69, 9.17) is 9.84 Å². The Labute approximate surface area is 96.4 Å². The van der Waals surface area contributed by atoms with Gasteiger partial charge in [0.2, 0.25) is 0 Å². The van der Waals surface area contributed by atoms with Gasteiger partial charge < -0.3 is 14.4 Å².